The Labute approximate surface area is 152 Å². The minimum absolute atomic E-state index is 0.286. The van der Waals surface area contributed by atoms with E-state index < -0.39 is 21.9 Å². The molecule has 26 heavy (non-hydrogen) atoms. The first kappa shape index (κ1) is 20.1. The topological polar surface area (TPSA) is 96.0 Å². The van der Waals surface area contributed by atoms with E-state index in [0.717, 1.165) is 0 Å². The van der Waals surface area contributed by atoms with Crippen molar-refractivity contribution in [2.24, 2.45) is 0 Å². The number of hydrogen-bond donors (Lipinski definition) is 1. The second kappa shape index (κ2) is 8.95. The monoisotopic (exact) mass is 387 g/mol. The fourth-order valence-corrected chi connectivity index (χ4v) is 3.56. The van der Waals surface area contributed by atoms with Crippen molar-refractivity contribution >= 4 is 22.0 Å². The predicted octanol–water partition coefficient (Wildman–Crippen LogP) is 0.546. The molecule has 0 atom stereocenters. The van der Waals surface area contributed by atoms with Gasteiger partial charge in [-0.25, -0.2) is 22.3 Å². The molecule has 1 aliphatic rings. The molecule has 0 radical (unpaired) electrons. The van der Waals surface area contributed by atoms with Crippen LogP contribution in [0.15, 0.2) is 24.3 Å². The fraction of sp³-hybridized carbons (Fsp3) is 0.500. The van der Waals surface area contributed by atoms with E-state index in [0.29, 0.717) is 31.7 Å². The molecule has 10 heteroatoms. The van der Waals surface area contributed by atoms with Crippen molar-refractivity contribution in [3.63, 3.8) is 0 Å². The summed E-state index contributed by atoms with van der Waals surface area (Å²) in [4.78, 5) is 26.8. The minimum atomic E-state index is -3.72. The third kappa shape index (κ3) is 5.95. The third-order valence-corrected chi connectivity index (χ3v) is 5.17. The highest BCUT2D eigenvalue weighted by Crippen LogP contribution is 2.07. The van der Waals surface area contributed by atoms with Gasteiger partial charge in [0.2, 0.25) is 15.9 Å². The van der Waals surface area contributed by atoms with Crippen molar-refractivity contribution in [1.29, 1.82) is 0 Å². The first-order valence-electron chi connectivity index (χ1n) is 8.22. The number of hydrogen-bond acceptors (Lipinski definition) is 5. The highest BCUT2D eigenvalue weighted by molar-refractivity contribution is 7.88. The molecule has 1 aromatic carbocycles. The van der Waals surface area contributed by atoms with Crippen LogP contribution in [0.5, 0.6) is 0 Å². The molecule has 0 unspecified atom stereocenters. The predicted molar refractivity (Wildman–Crippen MR) is 92.2 cm³/mol. The number of nitrogens with zero attached hydrogens (tertiary/aromatic N) is 2. The smallest absolute Gasteiger partial charge is 0.409 e. The molecule has 1 saturated heterocycles. The molecule has 0 spiro atoms. The molecular weight excluding hydrogens is 365 g/mol. The Morgan fingerprint density at radius 3 is 2.27 bits per heavy atom. The molecule has 2 amide bonds. The van der Waals surface area contributed by atoms with Crippen LogP contribution in [0.3, 0.4) is 0 Å². The van der Waals surface area contributed by atoms with E-state index in [9.17, 15) is 22.4 Å². The summed E-state index contributed by atoms with van der Waals surface area (Å²) < 4.78 is 44.1. The number of nitrogens with one attached hydrogen (secondary N) is 1. The van der Waals surface area contributed by atoms with E-state index in [-0.39, 0.29) is 24.8 Å². The number of rotatable bonds is 6. The van der Waals surface area contributed by atoms with Gasteiger partial charge in [-0.05, 0) is 24.6 Å². The summed E-state index contributed by atoms with van der Waals surface area (Å²) in [6.07, 6.45) is -0.417. The van der Waals surface area contributed by atoms with Crippen LogP contribution in [0.4, 0.5) is 9.18 Å². The van der Waals surface area contributed by atoms with E-state index in [1.54, 1.807) is 6.92 Å². The molecule has 0 saturated carbocycles. The van der Waals surface area contributed by atoms with Crippen LogP contribution in [-0.4, -0.2) is 69.5 Å². The van der Waals surface area contributed by atoms with E-state index >= 15 is 0 Å². The van der Waals surface area contributed by atoms with E-state index in [1.165, 1.54) is 34.1 Å². The summed E-state index contributed by atoms with van der Waals surface area (Å²) in [5.74, 6) is -1.15. The van der Waals surface area contributed by atoms with Crippen LogP contribution in [0.25, 0.3) is 0 Å². The van der Waals surface area contributed by atoms with Crippen LogP contribution < -0.4 is 4.72 Å². The van der Waals surface area contributed by atoms with Crippen LogP contribution in [-0.2, 0) is 25.3 Å². The fourth-order valence-electron chi connectivity index (χ4n) is 2.49. The highest BCUT2D eigenvalue weighted by atomic mass is 32.2. The number of amides is 2. The van der Waals surface area contributed by atoms with Gasteiger partial charge in [-0.1, -0.05) is 12.1 Å². The average molecular weight is 387 g/mol. The van der Waals surface area contributed by atoms with Crippen LogP contribution in [0, 0.1) is 5.82 Å². The first-order chi connectivity index (χ1) is 12.3. The van der Waals surface area contributed by atoms with Gasteiger partial charge < -0.3 is 14.5 Å². The maximum Gasteiger partial charge on any atom is 0.409 e. The Hall–Kier alpha value is -2.20. The van der Waals surface area contributed by atoms with Crippen LogP contribution in [0.2, 0.25) is 0 Å². The van der Waals surface area contributed by atoms with Gasteiger partial charge in [-0.15, -0.1) is 0 Å². The molecule has 1 fully saturated rings. The summed E-state index contributed by atoms with van der Waals surface area (Å²) in [5.41, 5.74) is 0.425. The van der Waals surface area contributed by atoms with Gasteiger partial charge in [0.05, 0.1) is 18.9 Å². The van der Waals surface area contributed by atoms with Gasteiger partial charge in [0.1, 0.15) is 5.82 Å². The van der Waals surface area contributed by atoms with E-state index in [4.69, 9.17) is 4.74 Å². The van der Waals surface area contributed by atoms with Gasteiger partial charge in [-0.2, -0.15) is 0 Å². The Morgan fingerprint density at radius 2 is 1.69 bits per heavy atom. The number of ether oxygens (including phenoxy) is 1. The molecule has 1 heterocycles. The molecular formula is C16H22FN3O5S. The third-order valence-electron chi connectivity index (χ3n) is 3.87. The molecule has 0 bridgehead atoms. The summed E-state index contributed by atoms with van der Waals surface area (Å²) in [6, 6.07) is 5.12. The average Bonchev–Trinajstić information content (AvgIpc) is 2.62. The van der Waals surface area contributed by atoms with Crippen LogP contribution >= 0.6 is 0 Å². The maximum absolute atomic E-state index is 12.9. The standard InChI is InChI=1S/C16H22FN3O5S/c1-2-25-16(22)20-9-7-19(8-10-20)15(21)11-18-26(23,24)12-13-3-5-14(17)6-4-13/h3-6,18H,2,7-12H2,1H3. The van der Waals surface area contributed by atoms with Crippen molar-refractivity contribution in [3.8, 4) is 0 Å². The highest BCUT2D eigenvalue weighted by Gasteiger charge is 2.25. The molecule has 0 aromatic heterocycles. The first-order valence-corrected chi connectivity index (χ1v) is 9.87. The summed E-state index contributed by atoms with van der Waals surface area (Å²) in [7, 11) is -3.72. The molecule has 1 aromatic rings. The lowest BCUT2D eigenvalue weighted by molar-refractivity contribution is -0.131. The molecule has 1 aliphatic heterocycles. The van der Waals surface area contributed by atoms with Crippen molar-refractivity contribution in [3.05, 3.63) is 35.6 Å². The molecule has 144 valence electrons. The van der Waals surface area contributed by atoms with Crippen molar-refractivity contribution < 1.29 is 27.1 Å². The lowest BCUT2D eigenvalue weighted by Gasteiger charge is -2.34. The lowest BCUT2D eigenvalue weighted by Crippen LogP contribution is -2.52. The zero-order valence-corrected chi connectivity index (χ0v) is 15.3. The Morgan fingerprint density at radius 1 is 1.12 bits per heavy atom. The number of halogens is 1. The van der Waals surface area contributed by atoms with Gasteiger partial charge >= 0.3 is 6.09 Å². The molecule has 0 aliphatic carbocycles. The number of sulfonamides is 1. The zero-order chi connectivity index (χ0) is 19.2. The summed E-state index contributed by atoms with van der Waals surface area (Å²) in [5, 5.41) is 0. The second-order valence-corrected chi connectivity index (χ2v) is 7.58. The van der Waals surface area contributed by atoms with Gasteiger partial charge in [0, 0.05) is 26.2 Å². The summed E-state index contributed by atoms with van der Waals surface area (Å²) >= 11 is 0. The SMILES string of the molecule is CCOC(=O)N1CCN(C(=O)CNS(=O)(=O)Cc2ccc(F)cc2)CC1. The number of benzene rings is 1. The number of carbonyl (C=O) groups is 2. The zero-order valence-electron chi connectivity index (χ0n) is 14.5. The Balaban J connectivity index is 1.79. The molecule has 1 N–H and O–H groups in total. The quantitative estimate of drug-likeness (QED) is 0.769. The number of piperazine rings is 1. The molecule has 8 nitrogen and oxygen atoms in total. The van der Waals surface area contributed by atoms with E-state index in [2.05, 4.69) is 4.72 Å². The second-order valence-electron chi connectivity index (χ2n) is 5.77. The largest absolute Gasteiger partial charge is 0.450 e. The van der Waals surface area contributed by atoms with E-state index in [1.807, 2.05) is 0 Å². The Bertz CT molecular complexity index is 731. The molecule has 2 rings (SSSR count). The lowest BCUT2D eigenvalue weighted by atomic mass is 10.2. The van der Waals surface area contributed by atoms with Crippen molar-refractivity contribution in [2.75, 3.05) is 39.3 Å². The minimum Gasteiger partial charge on any atom is -0.450 e. The van der Waals surface area contributed by atoms with Gasteiger partial charge in [-0.3, -0.25) is 4.79 Å². The Kier molecular flexibility index (Phi) is 6.92. The van der Waals surface area contributed by atoms with Gasteiger partial charge in [0.15, 0.2) is 0 Å². The normalized spacial score (nSPS) is 15.0. The van der Waals surface area contributed by atoms with Crippen LogP contribution in [0.1, 0.15) is 12.5 Å². The van der Waals surface area contributed by atoms with Crippen molar-refractivity contribution in [1.82, 2.24) is 14.5 Å². The van der Waals surface area contributed by atoms with Crippen molar-refractivity contribution in [2.45, 2.75) is 12.7 Å². The number of carbonyl (C=O) groups excluding carboxylic acids is 2. The van der Waals surface area contributed by atoms with Gasteiger partial charge in [0.25, 0.3) is 0 Å². The maximum atomic E-state index is 12.9. The summed E-state index contributed by atoms with van der Waals surface area (Å²) in [6.45, 7) is 2.96.